The molecule has 2 heterocycles. The van der Waals surface area contributed by atoms with Crippen molar-refractivity contribution in [2.45, 2.75) is 49.6 Å². The van der Waals surface area contributed by atoms with E-state index in [-0.39, 0.29) is 0 Å². The Kier molecular flexibility index (Phi) is 5.38. The number of aromatic nitrogens is 5. The second-order valence-corrected chi connectivity index (χ2v) is 7.98. The zero-order valence-electron chi connectivity index (χ0n) is 15.9. The van der Waals surface area contributed by atoms with Crippen LogP contribution < -0.4 is 5.32 Å². The van der Waals surface area contributed by atoms with Crippen LogP contribution in [0.2, 0.25) is 0 Å². The van der Waals surface area contributed by atoms with E-state index < -0.39 is 0 Å². The number of benzene rings is 1. The van der Waals surface area contributed by atoms with Crippen LogP contribution in [0, 0.1) is 12.8 Å². The molecule has 0 amide bonds. The quantitative estimate of drug-likeness (QED) is 0.598. The molecule has 0 saturated heterocycles. The third-order valence-corrected chi connectivity index (χ3v) is 5.34. The van der Waals surface area contributed by atoms with Crippen molar-refractivity contribution >= 4 is 29.3 Å². The topological polar surface area (TPSA) is 96.5 Å². The van der Waals surface area contributed by atoms with Gasteiger partial charge in [-0.1, -0.05) is 19.1 Å². The maximum atomic E-state index is 12.0. The number of aryl methyl sites for hydroxylation is 2. The zero-order valence-corrected chi connectivity index (χ0v) is 16.7. The number of carbonyl (C=O) groups is 1. The van der Waals surface area contributed by atoms with Gasteiger partial charge in [-0.25, -0.2) is 4.98 Å². The number of nitrogens with one attached hydrogen (secondary N) is 2. The minimum atomic E-state index is 0.302. The van der Waals surface area contributed by atoms with Gasteiger partial charge in [-0.3, -0.25) is 9.89 Å². The summed E-state index contributed by atoms with van der Waals surface area (Å²) < 4.78 is 0. The number of ketones is 1. The summed E-state index contributed by atoms with van der Waals surface area (Å²) >= 11 is 1.48. The average molecular weight is 395 g/mol. The first-order valence-electron chi connectivity index (χ1n) is 9.42. The number of nitrogens with zero attached hydrogens (tertiary/aromatic N) is 4. The molecule has 28 heavy (non-hydrogen) atoms. The van der Waals surface area contributed by atoms with Crippen molar-refractivity contribution in [3.63, 3.8) is 0 Å². The van der Waals surface area contributed by atoms with Crippen molar-refractivity contribution in [2.75, 3.05) is 5.32 Å². The summed E-state index contributed by atoms with van der Waals surface area (Å²) in [5.41, 5.74) is 2.02. The summed E-state index contributed by atoms with van der Waals surface area (Å²) in [5.74, 6) is 2.53. The lowest BCUT2D eigenvalue weighted by Crippen LogP contribution is -2.05. The van der Waals surface area contributed by atoms with Gasteiger partial charge in [-0.2, -0.15) is 15.1 Å². The van der Waals surface area contributed by atoms with Gasteiger partial charge in [0, 0.05) is 35.4 Å². The van der Waals surface area contributed by atoms with E-state index in [4.69, 9.17) is 0 Å². The van der Waals surface area contributed by atoms with Gasteiger partial charge >= 0.3 is 0 Å². The predicted octanol–water partition coefficient (Wildman–Crippen LogP) is 3.88. The standard InChI is InChI=1S/C20H22N6OS/c1-3-17-21-19(22-18-10-12(2)25-26-18)24-20(23-17)28-15-8-4-13(5-9-15)11-16(27)14-6-7-14/h4-5,8-10,14H,3,6-7,11H2,1-2H3,(H2,21,22,23,24,25,26). The van der Waals surface area contributed by atoms with Crippen molar-refractivity contribution in [3.8, 4) is 0 Å². The number of aromatic amines is 1. The van der Waals surface area contributed by atoms with Crippen molar-refractivity contribution in [1.29, 1.82) is 0 Å². The molecule has 1 saturated carbocycles. The molecule has 0 aliphatic heterocycles. The highest BCUT2D eigenvalue weighted by molar-refractivity contribution is 7.99. The molecule has 1 aromatic carbocycles. The second-order valence-electron chi connectivity index (χ2n) is 6.94. The Hall–Kier alpha value is -2.74. The molecule has 7 nitrogen and oxygen atoms in total. The number of carbonyl (C=O) groups excluding carboxylic acids is 1. The summed E-state index contributed by atoms with van der Waals surface area (Å²) in [7, 11) is 0. The van der Waals surface area contributed by atoms with Crippen molar-refractivity contribution in [1.82, 2.24) is 25.1 Å². The summed E-state index contributed by atoms with van der Waals surface area (Å²) in [6.45, 7) is 3.95. The first-order valence-corrected chi connectivity index (χ1v) is 10.2. The smallest absolute Gasteiger partial charge is 0.232 e. The maximum Gasteiger partial charge on any atom is 0.232 e. The Bertz CT molecular complexity index is 981. The van der Waals surface area contributed by atoms with E-state index in [0.29, 0.717) is 41.5 Å². The van der Waals surface area contributed by atoms with Gasteiger partial charge in [0.25, 0.3) is 0 Å². The normalized spacial score (nSPS) is 13.5. The monoisotopic (exact) mass is 394 g/mol. The average Bonchev–Trinajstić information content (AvgIpc) is 3.46. The first kappa shape index (κ1) is 18.6. The molecule has 1 aliphatic rings. The fourth-order valence-corrected chi connectivity index (χ4v) is 3.55. The lowest BCUT2D eigenvalue weighted by Gasteiger charge is -2.07. The molecule has 2 aromatic heterocycles. The van der Waals surface area contributed by atoms with Gasteiger partial charge in [0.15, 0.2) is 11.0 Å². The Morgan fingerprint density at radius 3 is 2.64 bits per heavy atom. The van der Waals surface area contributed by atoms with Crippen molar-refractivity contribution < 1.29 is 4.79 Å². The van der Waals surface area contributed by atoms with E-state index in [2.05, 4.69) is 30.5 Å². The molecule has 1 aliphatic carbocycles. The second kappa shape index (κ2) is 8.10. The number of rotatable bonds is 8. The Morgan fingerprint density at radius 1 is 1.21 bits per heavy atom. The lowest BCUT2D eigenvalue weighted by atomic mass is 10.1. The summed E-state index contributed by atoms with van der Waals surface area (Å²) in [6.07, 6.45) is 3.35. The van der Waals surface area contributed by atoms with Gasteiger partial charge in [-0.15, -0.1) is 0 Å². The fourth-order valence-electron chi connectivity index (χ4n) is 2.79. The number of anilines is 2. The van der Waals surface area contributed by atoms with Gasteiger partial charge in [0.05, 0.1) is 0 Å². The van der Waals surface area contributed by atoms with Gasteiger partial charge in [0.2, 0.25) is 5.95 Å². The Balaban J connectivity index is 1.47. The number of H-pyrrole nitrogens is 1. The van der Waals surface area contributed by atoms with E-state index in [1.54, 1.807) is 0 Å². The number of Topliss-reactive ketones (excluding diaryl/α,β-unsaturated/α-hetero) is 1. The molecule has 0 radical (unpaired) electrons. The molecule has 0 atom stereocenters. The molecule has 144 valence electrons. The summed E-state index contributed by atoms with van der Waals surface area (Å²) in [5, 5.41) is 10.8. The Labute approximate surface area is 167 Å². The first-order chi connectivity index (χ1) is 13.6. The Morgan fingerprint density at radius 2 is 2.00 bits per heavy atom. The molecule has 0 unspecified atom stereocenters. The summed E-state index contributed by atoms with van der Waals surface area (Å²) in [6, 6.07) is 9.94. The van der Waals surface area contributed by atoms with Gasteiger partial charge in [0.1, 0.15) is 11.6 Å². The molecule has 1 fully saturated rings. The van der Waals surface area contributed by atoms with Gasteiger partial charge < -0.3 is 5.32 Å². The van der Waals surface area contributed by atoms with E-state index in [1.165, 1.54) is 11.8 Å². The van der Waals surface area contributed by atoms with Crippen LogP contribution in [0.3, 0.4) is 0 Å². The van der Waals surface area contributed by atoms with Crippen LogP contribution in [0.25, 0.3) is 0 Å². The molecule has 3 aromatic rings. The van der Waals surface area contributed by atoms with Crippen molar-refractivity contribution in [2.24, 2.45) is 5.92 Å². The maximum absolute atomic E-state index is 12.0. The van der Waals surface area contributed by atoms with Crippen LogP contribution in [-0.4, -0.2) is 30.9 Å². The molecule has 8 heteroatoms. The minimum Gasteiger partial charge on any atom is -0.307 e. The van der Waals surface area contributed by atoms with Crippen LogP contribution in [0.5, 0.6) is 0 Å². The van der Waals surface area contributed by atoms with E-state index in [1.807, 2.05) is 44.2 Å². The molecule has 2 N–H and O–H groups in total. The van der Waals surface area contributed by atoms with E-state index >= 15 is 0 Å². The molecule has 0 spiro atoms. The zero-order chi connectivity index (χ0) is 19.5. The van der Waals surface area contributed by atoms with E-state index in [9.17, 15) is 4.79 Å². The highest BCUT2D eigenvalue weighted by atomic mass is 32.2. The van der Waals surface area contributed by atoms with Crippen LogP contribution in [0.4, 0.5) is 11.8 Å². The van der Waals surface area contributed by atoms with Crippen LogP contribution in [-0.2, 0) is 17.6 Å². The number of hydrogen-bond acceptors (Lipinski definition) is 7. The summed E-state index contributed by atoms with van der Waals surface area (Å²) in [4.78, 5) is 26.4. The number of hydrogen-bond donors (Lipinski definition) is 2. The molecule has 4 rings (SSSR count). The largest absolute Gasteiger partial charge is 0.307 e. The lowest BCUT2D eigenvalue weighted by molar-refractivity contribution is -0.119. The van der Waals surface area contributed by atoms with Crippen LogP contribution in [0.1, 0.15) is 36.8 Å². The highest BCUT2D eigenvalue weighted by Gasteiger charge is 2.28. The molecular formula is C20H22N6OS. The third kappa shape index (κ3) is 4.75. The third-order valence-electron chi connectivity index (χ3n) is 4.47. The van der Waals surface area contributed by atoms with E-state index in [0.717, 1.165) is 34.8 Å². The van der Waals surface area contributed by atoms with Gasteiger partial charge in [-0.05, 0) is 49.2 Å². The van der Waals surface area contributed by atoms with Crippen LogP contribution >= 0.6 is 11.8 Å². The molecular weight excluding hydrogens is 372 g/mol. The van der Waals surface area contributed by atoms with Crippen molar-refractivity contribution in [3.05, 3.63) is 47.4 Å². The molecule has 0 bridgehead atoms. The SMILES string of the molecule is CCc1nc(Nc2cc(C)[nH]n2)nc(Sc2ccc(CC(=O)C3CC3)cc2)n1. The highest BCUT2D eigenvalue weighted by Crippen LogP contribution is 2.31. The van der Waals surface area contributed by atoms with Crippen LogP contribution in [0.15, 0.2) is 40.4 Å². The fraction of sp³-hybridized carbons (Fsp3) is 0.350. The predicted molar refractivity (Wildman–Crippen MR) is 108 cm³/mol. The minimum absolute atomic E-state index is 0.302.